The molecule has 0 aromatic heterocycles. The second-order valence-corrected chi connectivity index (χ2v) is 7.40. The van der Waals surface area contributed by atoms with E-state index in [0.717, 1.165) is 61.4 Å². The molecule has 1 saturated heterocycles. The van der Waals surface area contributed by atoms with Gasteiger partial charge in [-0.05, 0) is 42.0 Å². The van der Waals surface area contributed by atoms with Crippen LogP contribution in [0.5, 0.6) is 17.2 Å². The lowest BCUT2D eigenvalue weighted by Gasteiger charge is -2.37. The van der Waals surface area contributed by atoms with E-state index in [1.807, 2.05) is 25.2 Å². The molecule has 2 aliphatic rings. The molecule has 0 radical (unpaired) electrons. The molecule has 2 heterocycles. The van der Waals surface area contributed by atoms with Gasteiger partial charge in [-0.25, -0.2) is 0 Å². The molecule has 2 aromatic carbocycles. The maximum Gasteiger partial charge on any atom is 0.194 e. The standard InChI is InChI=1S/C23H30N4O3/c1-24-23(25-17-18-4-9-21-22(16-18)30-15-3-14-29-21)27-12-10-26(11-13-27)19-5-7-20(28-2)8-6-19/h4-9,16H,3,10-15,17H2,1-2H3,(H,24,25). The van der Waals surface area contributed by atoms with Crippen LogP contribution in [0.2, 0.25) is 0 Å². The first-order valence-corrected chi connectivity index (χ1v) is 10.5. The summed E-state index contributed by atoms with van der Waals surface area (Å²) in [5, 5.41) is 3.49. The normalized spacial score (nSPS) is 16.8. The number of anilines is 1. The number of benzene rings is 2. The number of methoxy groups -OCH3 is 1. The average molecular weight is 411 g/mol. The van der Waals surface area contributed by atoms with Crippen LogP contribution in [-0.2, 0) is 6.54 Å². The minimum atomic E-state index is 0.696. The number of rotatable bonds is 4. The molecular formula is C23H30N4O3. The minimum absolute atomic E-state index is 0.696. The summed E-state index contributed by atoms with van der Waals surface area (Å²) < 4.78 is 16.8. The molecule has 0 unspecified atom stereocenters. The van der Waals surface area contributed by atoms with Gasteiger partial charge >= 0.3 is 0 Å². The number of ether oxygens (including phenoxy) is 3. The van der Waals surface area contributed by atoms with Gasteiger partial charge in [-0.15, -0.1) is 0 Å². The molecule has 0 atom stereocenters. The lowest BCUT2D eigenvalue weighted by atomic mass is 10.2. The summed E-state index contributed by atoms with van der Waals surface area (Å²) in [6.07, 6.45) is 0.914. The lowest BCUT2D eigenvalue weighted by molar-refractivity contribution is 0.297. The quantitative estimate of drug-likeness (QED) is 0.618. The number of guanidine groups is 1. The van der Waals surface area contributed by atoms with Crippen LogP contribution < -0.4 is 24.4 Å². The van der Waals surface area contributed by atoms with Crippen molar-refractivity contribution >= 4 is 11.6 Å². The molecule has 0 aliphatic carbocycles. The highest BCUT2D eigenvalue weighted by molar-refractivity contribution is 5.80. The maximum absolute atomic E-state index is 5.80. The smallest absolute Gasteiger partial charge is 0.194 e. The maximum atomic E-state index is 5.80. The van der Waals surface area contributed by atoms with Crippen LogP contribution in [-0.4, -0.2) is 64.4 Å². The van der Waals surface area contributed by atoms with E-state index in [4.69, 9.17) is 14.2 Å². The van der Waals surface area contributed by atoms with Gasteiger partial charge in [0.15, 0.2) is 17.5 Å². The van der Waals surface area contributed by atoms with Crippen molar-refractivity contribution in [3.05, 3.63) is 48.0 Å². The number of hydrogen-bond donors (Lipinski definition) is 1. The topological polar surface area (TPSA) is 58.6 Å². The molecule has 2 aromatic rings. The van der Waals surface area contributed by atoms with Gasteiger partial charge in [0.05, 0.1) is 20.3 Å². The van der Waals surface area contributed by atoms with E-state index in [1.54, 1.807) is 7.11 Å². The first-order chi connectivity index (χ1) is 14.8. The second-order valence-electron chi connectivity index (χ2n) is 7.40. The highest BCUT2D eigenvalue weighted by Gasteiger charge is 2.20. The summed E-state index contributed by atoms with van der Waals surface area (Å²) in [7, 11) is 3.53. The van der Waals surface area contributed by atoms with E-state index in [-0.39, 0.29) is 0 Å². The molecule has 0 bridgehead atoms. The van der Waals surface area contributed by atoms with Crippen molar-refractivity contribution in [3.8, 4) is 17.2 Å². The van der Waals surface area contributed by atoms with Crippen molar-refractivity contribution in [1.29, 1.82) is 0 Å². The Morgan fingerprint density at radius 2 is 1.73 bits per heavy atom. The molecule has 1 N–H and O–H groups in total. The Labute approximate surface area is 178 Å². The van der Waals surface area contributed by atoms with Gasteiger partial charge < -0.3 is 29.3 Å². The Morgan fingerprint density at radius 1 is 1.00 bits per heavy atom. The van der Waals surface area contributed by atoms with Crippen molar-refractivity contribution in [3.63, 3.8) is 0 Å². The van der Waals surface area contributed by atoms with Crippen LogP contribution in [0, 0.1) is 0 Å². The zero-order chi connectivity index (χ0) is 20.8. The molecule has 1 fully saturated rings. The minimum Gasteiger partial charge on any atom is -0.497 e. The number of aliphatic imine (C=N–C) groups is 1. The highest BCUT2D eigenvalue weighted by atomic mass is 16.5. The van der Waals surface area contributed by atoms with E-state index in [0.29, 0.717) is 19.8 Å². The third kappa shape index (κ3) is 4.72. The highest BCUT2D eigenvalue weighted by Crippen LogP contribution is 2.30. The first kappa shape index (κ1) is 20.2. The third-order valence-corrected chi connectivity index (χ3v) is 5.49. The molecule has 0 spiro atoms. The van der Waals surface area contributed by atoms with Gasteiger partial charge in [0.1, 0.15) is 5.75 Å². The molecule has 0 amide bonds. The first-order valence-electron chi connectivity index (χ1n) is 10.5. The lowest BCUT2D eigenvalue weighted by Crippen LogP contribution is -2.52. The molecule has 30 heavy (non-hydrogen) atoms. The average Bonchev–Trinajstić information content (AvgIpc) is 3.05. The van der Waals surface area contributed by atoms with Crippen molar-refractivity contribution in [2.75, 3.05) is 58.5 Å². The predicted molar refractivity (Wildman–Crippen MR) is 119 cm³/mol. The van der Waals surface area contributed by atoms with Crippen LogP contribution in [0.25, 0.3) is 0 Å². The summed E-state index contributed by atoms with van der Waals surface area (Å²) in [5.41, 5.74) is 2.38. The van der Waals surface area contributed by atoms with Crippen molar-refractivity contribution in [1.82, 2.24) is 10.2 Å². The monoisotopic (exact) mass is 410 g/mol. The number of hydrogen-bond acceptors (Lipinski definition) is 5. The Balaban J connectivity index is 1.31. The summed E-state index contributed by atoms with van der Waals surface area (Å²) in [4.78, 5) is 9.19. The summed E-state index contributed by atoms with van der Waals surface area (Å²) >= 11 is 0. The van der Waals surface area contributed by atoms with Crippen molar-refractivity contribution in [2.45, 2.75) is 13.0 Å². The van der Waals surface area contributed by atoms with Crippen LogP contribution in [0.3, 0.4) is 0 Å². The fourth-order valence-electron chi connectivity index (χ4n) is 3.80. The van der Waals surface area contributed by atoms with E-state index in [9.17, 15) is 0 Å². The van der Waals surface area contributed by atoms with Crippen LogP contribution in [0.1, 0.15) is 12.0 Å². The Kier molecular flexibility index (Phi) is 6.47. The van der Waals surface area contributed by atoms with E-state index < -0.39 is 0 Å². The molecule has 7 heteroatoms. The largest absolute Gasteiger partial charge is 0.497 e. The predicted octanol–water partition coefficient (Wildman–Crippen LogP) is 2.75. The van der Waals surface area contributed by atoms with E-state index in [2.05, 4.69) is 44.4 Å². The number of fused-ring (bicyclic) bond motifs is 1. The van der Waals surface area contributed by atoms with Crippen LogP contribution in [0.4, 0.5) is 5.69 Å². The van der Waals surface area contributed by atoms with Crippen LogP contribution >= 0.6 is 0 Å². The SMILES string of the molecule is CN=C(NCc1ccc2c(c1)OCCCO2)N1CCN(c2ccc(OC)cc2)CC1. The van der Waals surface area contributed by atoms with E-state index in [1.165, 1.54) is 5.69 Å². The van der Waals surface area contributed by atoms with Crippen LogP contribution in [0.15, 0.2) is 47.5 Å². The van der Waals surface area contributed by atoms with Gasteiger partial charge in [0, 0.05) is 51.9 Å². The molecule has 7 nitrogen and oxygen atoms in total. The zero-order valence-electron chi connectivity index (χ0n) is 17.8. The fraction of sp³-hybridized carbons (Fsp3) is 0.435. The van der Waals surface area contributed by atoms with Gasteiger partial charge in [-0.2, -0.15) is 0 Å². The number of nitrogens with one attached hydrogen (secondary N) is 1. The Hall–Kier alpha value is -3.09. The Morgan fingerprint density at radius 3 is 2.43 bits per heavy atom. The van der Waals surface area contributed by atoms with Gasteiger partial charge in [0.2, 0.25) is 0 Å². The molecule has 160 valence electrons. The molecular weight excluding hydrogens is 380 g/mol. The van der Waals surface area contributed by atoms with Crippen molar-refractivity contribution in [2.24, 2.45) is 4.99 Å². The molecule has 2 aliphatic heterocycles. The van der Waals surface area contributed by atoms with Gasteiger partial charge in [-0.3, -0.25) is 4.99 Å². The fourth-order valence-corrected chi connectivity index (χ4v) is 3.80. The van der Waals surface area contributed by atoms with Gasteiger partial charge in [0.25, 0.3) is 0 Å². The zero-order valence-corrected chi connectivity index (χ0v) is 17.8. The number of nitrogens with zero attached hydrogens (tertiary/aromatic N) is 3. The molecule has 4 rings (SSSR count). The van der Waals surface area contributed by atoms with Crippen molar-refractivity contribution < 1.29 is 14.2 Å². The van der Waals surface area contributed by atoms with Gasteiger partial charge in [-0.1, -0.05) is 6.07 Å². The third-order valence-electron chi connectivity index (χ3n) is 5.49. The van der Waals surface area contributed by atoms with E-state index >= 15 is 0 Å². The second kappa shape index (κ2) is 9.61. The molecule has 0 saturated carbocycles. The summed E-state index contributed by atoms with van der Waals surface area (Å²) in [6.45, 7) is 5.86. The Bertz CT molecular complexity index is 861. The summed E-state index contributed by atoms with van der Waals surface area (Å²) in [5.74, 6) is 3.47. The summed E-state index contributed by atoms with van der Waals surface area (Å²) in [6, 6.07) is 14.4. The number of piperazine rings is 1.